The standard InChI is InChI=1S/C20H19N3O6/c1-12-2-3-14(9-16(12)23(26)27)21-20(25)13-8-19(24)22(11-13)15-4-5-17-18(10-15)29-7-6-28-17/h2-5,9-10,13H,6-8,11H2,1H3,(H,21,25). The minimum absolute atomic E-state index is 0.0637. The average Bonchev–Trinajstić information content (AvgIpc) is 3.10. The van der Waals surface area contributed by atoms with E-state index in [9.17, 15) is 19.7 Å². The van der Waals surface area contributed by atoms with Crippen LogP contribution in [0.1, 0.15) is 12.0 Å². The minimum atomic E-state index is -0.559. The van der Waals surface area contributed by atoms with Crippen LogP contribution in [0.5, 0.6) is 11.5 Å². The highest BCUT2D eigenvalue weighted by Gasteiger charge is 2.35. The monoisotopic (exact) mass is 397 g/mol. The van der Waals surface area contributed by atoms with E-state index in [0.717, 1.165) is 0 Å². The maximum atomic E-state index is 12.6. The fraction of sp³-hybridized carbons (Fsp3) is 0.300. The van der Waals surface area contributed by atoms with Gasteiger partial charge in [0.05, 0.1) is 10.8 Å². The van der Waals surface area contributed by atoms with Crippen molar-refractivity contribution >= 4 is 28.9 Å². The predicted molar refractivity (Wildman–Crippen MR) is 104 cm³/mol. The smallest absolute Gasteiger partial charge is 0.274 e. The van der Waals surface area contributed by atoms with Gasteiger partial charge < -0.3 is 19.7 Å². The van der Waals surface area contributed by atoms with Gasteiger partial charge >= 0.3 is 0 Å². The van der Waals surface area contributed by atoms with Crippen molar-refractivity contribution in [3.63, 3.8) is 0 Å². The van der Waals surface area contributed by atoms with Gasteiger partial charge in [0.15, 0.2) is 11.5 Å². The van der Waals surface area contributed by atoms with Gasteiger partial charge in [0, 0.05) is 42.0 Å². The molecule has 0 aliphatic carbocycles. The van der Waals surface area contributed by atoms with Crippen molar-refractivity contribution in [2.75, 3.05) is 30.0 Å². The molecule has 1 atom stereocenters. The first kappa shape index (κ1) is 18.7. The summed E-state index contributed by atoms with van der Waals surface area (Å²) in [5.41, 5.74) is 1.41. The number of nitrogens with zero attached hydrogens (tertiary/aromatic N) is 2. The summed E-state index contributed by atoms with van der Waals surface area (Å²) in [6, 6.07) is 9.74. The van der Waals surface area contributed by atoms with Crippen LogP contribution in [0.4, 0.5) is 17.1 Å². The number of benzene rings is 2. The topological polar surface area (TPSA) is 111 Å². The summed E-state index contributed by atoms with van der Waals surface area (Å²) < 4.78 is 11.0. The Morgan fingerprint density at radius 2 is 1.93 bits per heavy atom. The lowest BCUT2D eigenvalue weighted by atomic mass is 10.1. The molecule has 1 saturated heterocycles. The van der Waals surface area contributed by atoms with Crippen LogP contribution in [0.3, 0.4) is 0 Å². The summed E-state index contributed by atoms with van der Waals surface area (Å²) in [6.07, 6.45) is 0.0637. The molecule has 2 aliphatic heterocycles. The zero-order valence-corrected chi connectivity index (χ0v) is 15.7. The number of ether oxygens (including phenoxy) is 2. The molecular formula is C20H19N3O6. The average molecular weight is 397 g/mol. The molecule has 0 aromatic heterocycles. The van der Waals surface area contributed by atoms with Gasteiger partial charge in [0.25, 0.3) is 5.69 Å². The molecule has 1 unspecified atom stereocenters. The van der Waals surface area contributed by atoms with Gasteiger partial charge in [0.1, 0.15) is 13.2 Å². The van der Waals surface area contributed by atoms with Crippen LogP contribution in [0.25, 0.3) is 0 Å². The van der Waals surface area contributed by atoms with E-state index in [4.69, 9.17) is 9.47 Å². The van der Waals surface area contributed by atoms with Crippen molar-refractivity contribution in [3.8, 4) is 11.5 Å². The van der Waals surface area contributed by atoms with Gasteiger partial charge in [-0.2, -0.15) is 0 Å². The number of nitrogens with one attached hydrogen (secondary N) is 1. The molecule has 2 amide bonds. The van der Waals surface area contributed by atoms with Crippen molar-refractivity contribution in [1.82, 2.24) is 0 Å². The minimum Gasteiger partial charge on any atom is -0.486 e. The summed E-state index contributed by atoms with van der Waals surface area (Å²) >= 11 is 0. The summed E-state index contributed by atoms with van der Waals surface area (Å²) in [6.45, 7) is 2.77. The maximum absolute atomic E-state index is 12.6. The zero-order chi connectivity index (χ0) is 20.5. The Hall–Kier alpha value is -3.62. The third-order valence-electron chi connectivity index (χ3n) is 5.01. The molecule has 9 heteroatoms. The van der Waals surface area contributed by atoms with Gasteiger partial charge in [-0.15, -0.1) is 0 Å². The quantitative estimate of drug-likeness (QED) is 0.627. The van der Waals surface area contributed by atoms with E-state index in [1.54, 1.807) is 42.2 Å². The molecule has 2 aromatic carbocycles. The highest BCUT2D eigenvalue weighted by Crippen LogP contribution is 2.36. The number of nitro groups is 1. The van der Waals surface area contributed by atoms with E-state index in [-0.39, 0.29) is 30.5 Å². The van der Waals surface area contributed by atoms with Gasteiger partial charge in [-0.05, 0) is 25.1 Å². The molecule has 0 spiro atoms. The van der Waals surface area contributed by atoms with Gasteiger partial charge in [0.2, 0.25) is 11.8 Å². The number of aryl methyl sites for hydroxylation is 1. The van der Waals surface area contributed by atoms with Crippen LogP contribution in [0.2, 0.25) is 0 Å². The molecule has 0 bridgehead atoms. The lowest BCUT2D eigenvalue weighted by molar-refractivity contribution is -0.385. The lowest BCUT2D eigenvalue weighted by Crippen LogP contribution is -2.28. The Kier molecular flexibility index (Phi) is 4.79. The van der Waals surface area contributed by atoms with E-state index in [2.05, 4.69) is 5.32 Å². The molecule has 2 aliphatic rings. The Bertz CT molecular complexity index is 1010. The molecule has 0 saturated carbocycles. The first-order chi connectivity index (χ1) is 13.9. The molecule has 4 rings (SSSR count). The molecule has 29 heavy (non-hydrogen) atoms. The summed E-state index contributed by atoms with van der Waals surface area (Å²) in [5, 5.41) is 13.8. The van der Waals surface area contributed by atoms with Crippen LogP contribution >= 0.6 is 0 Å². The number of carbonyl (C=O) groups excluding carboxylic acids is 2. The van der Waals surface area contributed by atoms with Crippen LogP contribution in [0.15, 0.2) is 36.4 Å². The van der Waals surface area contributed by atoms with Gasteiger partial charge in [-0.1, -0.05) is 6.07 Å². The predicted octanol–water partition coefficient (Wildman–Crippen LogP) is 2.67. The third-order valence-corrected chi connectivity index (χ3v) is 5.01. The largest absolute Gasteiger partial charge is 0.486 e. The van der Waals surface area contributed by atoms with Gasteiger partial charge in [-0.3, -0.25) is 19.7 Å². The van der Waals surface area contributed by atoms with Crippen LogP contribution in [-0.4, -0.2) is 36.5 Å². The molecule has 2 aromatic rings. The molecule has 1 N–H and O–H groups in total. The van der Waals surface area contributed by atoms with Crippen molar-refractivity contribution < 1.29 is 24.0 Å². The molecule has 2 heterocycles. The second kappa shape index (κ2) is 7.42. The lowest BCUT2D eigenvalue weighted by Gasteiger charge is -2.22. The summed E-state index contributed by atoms with van der Waals surface area (Å²) in [7, 11) is 0. The fourth-order valence-corrected chi connectivity index (χ4v) is 3.46. The van der Waals surface area contributed by atoms with Gasteiger partial charge in [-0.25, -0.2) is 0 Å². The number of nitro benzene ring substituents is 1. The first-order valence-corrected chi connectivity index (χ1v) is 9.18. The van der Waals surface area contributed by atoms with Crippen LogP contribution in [0, 0.1) is 23.0 Å². The Morgan fingerprint density at radius 3 is 2.69 bits per heavy atom. The van der Waals surface area contributed by atoms with Crippen molar-refractivity contribution in [2.45, 2.75) is 13.3 Å². The highest BCUT2D eigenvalue weighted by molar-refractivity contribution is 6.03. The molecular weight excluding hydrogens is 378 g/mol. The second-order valence-electron chi connectivity index (χ2n) is 6.98. The molecule has 150 valence electrons. The van der Waals surface area contributed by atoms with Crippen molar-refractivity contribution in [2.24, 2.45) is 5.92 Å². The number of amides is 2. The summed E-state index contributed by atoms with van der Waals surface area (Å²) in [5.74, 6) is 0.118. The normalized spacial score (nSPS) is 17.9. The zero-order valence-electron chi connectivity index (χ0n) is 15.7. The number of hydrogen-bond donors (Lipinski definition) is 1. The fourth-order valence-electron chi connectivity index (χ4n) is 3.46. The molecule has 1 fully saturated rings. The second-order valence-corrected chi connectivity index (χ2v) is 6.98. The Morgan fingerprint density at radius 1 is 1.17 bits per heavy atom. The SMILES string of the molecule is Cc1ccc(NC(=O)C2CC(=O)N(c3ccc4c(c3)OCCO4)C2)cc1[N+](=O)[O-]. The van der Waals surface area contributed by atoms with E-state index < -0.39 is 10.8 Å². The molecule has 9 nitrogen and oxygen atoms in total. The van der Waals surface area contributed by atoms with E-state index in [1.807, 2.05) is 0 Å². The Labute approximate surface area is 166 Å². The molecule has 0 radical (unpaired) electrons. The number of rotatable bonds is 4. The number of fused-ring (bicyclic) bond motifs is 1. The summed E-state index contributed by atoms with van der Waals surface area (Å²) in [4.78, 5) is 37.2. The van der Waals surface area contributed by atoms with Crippen LogP contribution in [-0.2, 0) is 9.59 Å². The number of carbonyl (C=O) groups is 2. The highest BCUT2D eigenvalue weighted by atomic mass is 16.6. The van der Waals surface area contributed by atoms with E-state index in [0.29, 0.717) is 41.7 Å². The van der Waals surface area contributed by atoms with Crippen molar-refractivity contribution in [3.05, 3.63) is 52.1 Å². The Balaban J connectivity index is 1.47. The number of anilines is 2. The third kappa shape index (κ3) is 3.71. The first-order valence-electron chi connectivity index (χ1n) is 9.18. The maximum Gasteiger partial charge on any atom is 0.274 e. The van der Waals surface area contributed by atoms with Crippen molar-refractivity contribution in [1.29, 1.82) is 0 Å². The van der Waals surface area contributed by atoms with E-state index >= 15 is 0 Å². The number of hydrogen-bond acceptors (Lipinski definition) is 6. The van der Waals surface area contributed by atoms with Crippen LogP contribution < -0.4 is 19.7 Å². The van der Waals surface area contributed by atoms with E-state index in [1.165, 1.54) is 6.07 Å².